The lowest BCUT2D eigenvalue weighted by Crippen LogP contribution is -1.68. The van der Waals surface area contributed by atoms with Crippen LogP contribution in [0.3, 0.4) is 0 Å². The number of thiophene rings is 1. The van der Waals surface area contributed by atoms with Crippen LogP contribution in [0.4, 0.5) is 0 Å². The van der Waals surface area contributed by atoms with Crippen molar-refractivity contribution in [3.05, 3.63) is 21.3 Å². The van der Waals surface area contributed by atoms with E-state index in [-0.39, 0.29) is 0 Å². The molecule has 2 nitrogen and oxygen atoms in total. The fourth-order valence-corrected chi connectivity index (χ4v) is 1.58. The maximum atomic E-state index is 5.69. The smallest absolute Gasteiger partial charge is 0.0941 e. The van der Waals surface area contributed by atoms with E-state index < -0.39 is 0 Å². The lowest BCUT2D eigenvalue weighted by atomic mass is 10.5. The van der Waals surface area contributed by atoms with Gasteiger partial charge in [0.25, 0.3) is 0 Å². The summed E-state index contributed by atoms with van der Waals surface area (Å²) in [5.41, 5.74) is 0. The van der Waals surface area contributed by atoms with E-state index in [1.807, 2.05) is 12.1 Å². The molecule has 0 radical (unpaired) electrons. The summed E-state index contributed by atoms with van der Waals surface area (Å²) in [6.07, 6.45) is 0. The lowest BCUT2D eigenvalue weighted by Gasteiger charge is -1.83. The van der Waals surface area contributed by atoms with Gasteiger partial charge in [-0.15, -0.1) is 11.3 Å². The zero-order valence-corrected chi connectivity index (χ0v) is 7.11. The molecule has 0 aromatic carbocycles. The Morgan fingerprint density at radius 2 is 2.40 bits per heavy atom. The molecule has 0 saturated heterocycles. The Kier molecular flexibility index (Phi) is 2.83. The molecule has 0 bridgehead atoms. The summed E-state index contributed by atoms with van der Waals surface area (Å²) in [7, 11) is 1.66. The summed E-state index contributed by atoms with van der Waals surface area (Å²) >= 11 is 7.22. The lowest BCUT2D eigenvalue weighted by molar-refractivity contribution is 0.951. The summed E-state index contributed by atoms with van der Waals surface area (Å²) in [5, 5.41) is 7.46. The molecule has 0 atom stereocenters. The minimum Gasteiger partial charge on any atom is -0.197 e. The van der Waals surface area contributed by atoms with Crippen LogP contribution in [0.5, 0.6) is 0 Å². The highest BCUT2D eigenvalue weighted by atomic mass is 35.5. The highest BCUT2D eigenvalue weighted by Crippen LogP contribution is 2.21. The highest BCUT2D eigenvalue weighted by Gasteiger charge is 1.94. The third kappa shape index (κ3) is 2.08. The van der Waals surface area contributed by atoms with Crippen LogP contribution < -0.4 is 0 Å². The van der Waals surface area contributed by atoms with Gasteiger partial charge in [-0.2, -0.15) is 10.2 Å². The van der Waals surface area contributed by atoms with Crippen LogP contribution in [0.25, 0.3) is 0 Å². The molecule has 1 rings (SSSR count). The van der Waals surface area contributed by atoms with Gasteiger partial charge in [0, 0.05) is 11.9 Å². The minimum atomic E-state index is 0.647. The first-order valence-electron chi connectivity index (χ1n) is 2.82. The zero-order chi connectivity index (χ0) is 7.40. The van der Waals surface area contributed by atoms with E-state index in [9.17, 15) is 0 Å². The number of azo groups is 1. The van der Waals surface area contributed by atoms with Crippen LogP contribution in [-0.4, -0.2) is 7.05 Å². The molecule has 0 aliphatic rings. The summed E-state index contributed by atoms with van der Waals surface area (Å²) in [6, 6.07) is 3.83. The Bertz CT molecular complexity index is 231. The van der Waals surface area contributed by atoms with E-state index in [1.54, 1.807) is 7.05 Å². The molecule has 1 heterocycles. The molecule has 1 aromatic heterocycles. The van der Waals surface area contributed by atoms with Crippen LogP contribution in [0.15, 0.2) is 22.4 Å². The summed E-state index contributed by atoms with van der Waals surface area (Å²) in [4.78, 5) is 1.15. The first-order chi connectivity index (χ1) is 4.83. The van der Waals surface area contributed by atoms with Crippen molar-refractivity contribution >= 4 is 22.9 Å². The Hall–Kier alpha value is -0.410. The highest BCUT2D eigenvalue weighted by molar-refractivity contribution is 7.16. The normalized spacial score (nSPS) is 11.0. The predicted molar refractivity (Wildman–Crippen MR) is 43.8 cm³/mol. The van der Waals surface area contributed by atoms with Crippen molar-refractivity contribution in [3.63, 3.8) is 0 Å². The molecule has 0 unspecified atom stereocenters. The first-order valence-corrected chi connectivity index (χ1v) is 4.02. The number of rotatable bonds is 2. The maximum absolute atomic E-state index is 5.69. The van der Waals surface area contributed by atoms with E-state index in [0.717, 1.165) is 9.21 Å². The Morgan fingerprint density at radius 3 is 2.90 bits per heavy atom. The van der Waals surface area contributed by atoms with Crippen LogP contribution in [0.2, 0.25) is 4.34 Å². The second-order valence-electron chi connectivity index (χ2n) is 1.71. The third-order valence-electron chi connectivity index (χ3n) is 0.997. The Balaban J connectivity index is 2.58. The largest absolute Gasteiger partial charge is 0.197 e. The molecule has 0 saturated carbocycles. The monoisotopic (exact) mass is 174 g/mol. The molecule has 0 aliphatic carbocycles. The van der Waals surface area contributed by atoms with Crippen molar-refractivity contribution in [1.29, 1.82) is 0 Å². The second-order valence-corrected chi connectivity index (χ2v) is 3.50. The summed E-state index contributed by atoms with van der Waals surface area (Å²) < 4.78 is 0.807. The SMILES string of the molecule is CN=NCc1ccc(Cl)s1. The van der Waals surface area contributed by atoms with Crippen molar-refractivity contribution in [1.82, 2.24) is 0 Å². The van der Waals surface area contributed by atoms with E-state index >= 15 is 0 Å². The predicted octanol–water partition coefficient (Wildman–Crippen LogP) is 2.98. The summed E-state index contributed by atoms with van der Waals surface area (Å²) in [5.74, 6) is 0. The molecule has 10 heavy (non-hydrogen) atoms. The van der Waals surface area contributed by atoms with Gasteiger partial charge in [-0.1, -0.05) is 11.6 Å². The Labute approximate surface area is 68.6 Å². The van der Waals surface area contributed by atoms with Crippen LogP contribution in [-0.2, 0) is 6.54 Å². The van der Waals surface area contributed by atoms with E-state index in [1.165, 1.54) is 11.3 Å². The molecule has 0 spiro atoms. The van der Waals surface area contributed by atoms with Crippen LogP contribution >= 0.6 is 22.9 Å². The van der Waals surface area contributed by atoms with Crippen molar-refractivity contribution in [2.45, 2.75) is 6.54 Å². The van der Waals surface area contributed by atoms with Gasteiger partial charge < -0.3 is 0 Å². The average molecular weight is 175 g/mol. The second kappa shape index (κ2) is 3.68. The van der Waals surface area contributed by atoms with Crippen molar-refractivity contribution < 1.29 is 0 Å². The molecule has 0 aliphatic heterocycles. The van der Waals surface area contributed by atoms with Gasteiger partial charge in [-0.25, -0.2) is 0 Å². The molecule has 4 heteroatoms. The quantitative estimate of drug-likeness (QED) is 0.616. The topological polar surface area (TPSA) is 24.7 Å². The van der Waals surface area contributed by atoms with E-state index in [4.69, 9.17) is 11.6 Å². The molecule has 0 N–H and O–H groups in total. The van der Waals surface area contributed by atoms with Gasteiger partial charge in [-0.3, -0.25) is 0 Å². The van der Waals surface area contributed by atoms with Gasteiger partial charge in [0.1, 0.15) is 0 Å². The molecule has 54 valence electrons. The van der Waals surface area contributed by atoms with Gasteiger partial charge in [0.2, 0.25) is 0 Å². The van der Waals surface area contributed by atoms with Gasteiger partial charge in [-0.05, 0) is 12.1 Å². The Morgan fingerprint density at radius 1 is 1.60 bits per heavy atom. The van der Waals surface area contributed by atoms with Crippen molar-refractivity contribution in [2.75, 3.05) is 7.05 Å². The van der Waals surface area contributed by atoms with Crippen molar-refractivity contribution in [3.8, 4) is 0 Å². The fraction of sp³-hybridized carbons (Fsp3) is 0.333. The van der Waals surface area contributed by atoms with Gasteiger partial charge >= 0.3 is 0 Å². The number of hydrogen-bond donors (Lipinski definition) is 0. The average Bonchev–Trinajstić information content (AvgIpc) is 2.31. The van der Waals surface area contributed by atoms with Crippen molar-refractivity contribution in [2.24, 2.45) is 10.2 Å². The molecule has 0 amide bonds. The van der Waals surface area contributed by atoms with Crippen LogP contribution in [0.1, 0.15) is 4.88 Å². The van der Waals surface area contributed by atoms with E-state index in [2.05, 4.69) is 10.2 Å². The maximum Gasteiger partial charge on any atom is 0.0941 e. The van der Waals surface area contributed by atoms with Gasteiger partial charge in [0.15, 0.2) is 0 Å². The first kappa shape index (κ1) is 7.69. The third-order valence-corrected chi connectivity index (χ3v) is 2.21. The standard InChI is InChI=1S/C6H7ClN2S/c1-8-9-4-5-2-3-6(7)10-5/h2-3H,4H2,1H3. The number of halogens is 1. The number of hydrogen-bond acceptors (Lipinski definition) is 3. The number of nitrogens with zero attached hydrogens (tertiary/aromatic N) is 2. The molecule has 0 fully saturated rings. The molecular formula is C6H7ClN2S. The van der Waals surface area contributed by atoms with Crippen LogP contribution in [0, 0.1) is 0 Å². The minimum absolute atomic E-state index is 0.647. The fourth-order valence-electron chi connectivity index (χ4n) is 0.577. The zero-order valence-electron chi connectivity index (χ0n) is 5.54. The van der Waals surface area contributed by atoms with Gasteiger partial charge in [0.05, 0.1) is 10.9 Å². The summed E-state index contributed by atoms with van der Waals surface area (Å²) in [6.45, 7) is 0.647. The molecular weight excluding hydrogens is 168 g/mol. The molecule has 1 aromatic rings. The van der Waals surface area contributed by atoms with E-state index in [0.29, 0.717) is 6.54 Å².